The van der Waals surface area contributed by atoms with Gasteiger partial charge in [-0.15, -0.1) is 0 Å². The third-order valence-electron chi connectivity index (χ3n) is 4.02. The maximum Gasteiger partial charge on any atom is 0.240 e. The second-order valence-corrected chi connectivity index (χ2v) is 8.58. The number of nitrogens with one attached hydrogen (secondary N) is 1. The van der Waals surface area contributed by atoms with E-state index >= 15 is 0 Å². The van der Waals surface area contributed by atoms with E-state index in [0.29, 0.717) is 18.1 Å². The first-order valence-electron chi connectivity index (χ1n) is 8.61. The van der Waals surface area contributed by atoms with Crippen molar-refractivity contribution < 1.29 is 13.2 Å². The van der Waals surface area contributed by atoms with Gasteiger partial charge >= 0.3 is 0 Å². The maximum absolute atomic E-state index is 12.3. The van der Waals surface area contributed by atoms with Gasteiger partial charge in [-0.05, 0) is 36.2 Å². The minimum absolute atomic E-state index is 0.00835. The quantitative estimate of drug-likeness (QED) is 0.655. The van der Waals surface area contributed by atoms with E-state index in [-0.39, 0.29) is 12.0 Å². The van der Waals surface area contributed by atoms with E-state index in [1.807, 2.05) is 12.1 Å². The Hall–Kier alpha value is -0.950. The standard InChI is InChI=1S/C18H32N2O3S/c1-6-20(7-2)13-15-23-14-12-19-24(21,22)17-10-8-16(9-11-17)18(3,4)5/h8-11,19H,6-7,12-15H2,1-5H3. The Morgan fingerprint density at radius 1 is 1.04 bits per heavy atom. The van der Waals surface area contributed by atoms with E-state index < -0.39 is 10.0 Å². The number of sulfonamides is 1. The minimum atomic E-state index is -3.48. The highest BCUT2D eigenvalue weighted by Crippen LogP contribution is 2.23. The zero-order chi connectivity index (χ0) is 18.2. The van der Waals surface area contributed by atoms with Crippen LogP contribution in [0.5, 0.6) is 0 Å². The van der Waals surface area contributed by atoms with Crippen molar-refractivity contribution in [1.82, 2.24) is 9.62 Å². The van der Waals surface area contributed by atoms with E-state index in [2.05, 4.69) is 44.2 Å². The van der Waals surface area contributed by atoms with Crippen LogP contribution in [0.4, 0.5) is 0 Å². The summed E-state index contributed by atoms with van der Waals surface area (Å²) in [7, 11) is -3.48. The molecule has 0 aliphatic carbocycles. The van der Waals surface area contributed by atoms with Crippen molar-refractivity contribution in [3.8, 4) is 0 Å². The van der Waals surface area contributed by atoms with Crippen LogP contribution in [-0.4, -0.2) is 52.7 Å². The summed E-state index contributed by atoms with van der Waals surface area (Å²) < 4.78 is 32.6. The Morgan fingerprint density at radius 3 is 2.12 bits per heavy atom. The molecule has 138 valence electrons. The lowest BCUT2D eigenvalue weighted by molar-refractivity contribution is 0.111. The third-order valence-corrected chi connectivity index (χ3v) is 5.49. The third kappa shape index (κ3) is 6.89. The lowest BCUT2D eigenvalue weighted by Gasteiger charge is -2.19. The SMILES string of the molecule is CCN(CC)CCOCCNS(=O)(=O)c1ccc(C(C)(C)C)cc1. The highest BCUT2D eigenvalue weighted by molar-refractivity contribution is 7.89. The predicted molar refractivity (Wildman–Crippen MR) is 98.9 cm³/mol. The molecule has 0 bridgehead atoms. The summed E-state index contributed by atoms with van der Waals surface area (Å²) in [6.07, 6.45) is 0. The van der Waals surface area contributed by atoms with Crippen molar-refractivity contribution in [2.24, 2.45) is 0 Å². The van der Waals surface area contributed by atoms with Crippen LogP contribution in [0, 0.1) is 0 Å². The second kappa shape index (κ2) is 9.51. The zero-order valence-electron chi connectivity index (χ0n) is 15.6. The van der Waals surface area contributed by atoms with E-state index in [0.717, 1.165) is 25.2 Å². The van der Waals surface area contributed by atoms with Crippen molar-refractivity contribution in [2.75, 3.05) is 39.4 Å². The Labute approximate surface area is 147 Å². The topological polar surface area (TPSA) is 58.6 Å². The molecule has 0 aliphatic rings. The summed E-state index contributed by atoms with van der Waals surface area (Å²) in [4.78, 5) is 2.56. The van der Waals surface area contributed by atoms with Crippen LogP contribution in [0.1, 0.15) is 40.2 Å². The van der Waals surface area contributed by atoms with Gasteiger partial charge in [0, 0.05) is 13.1 Å². The van der Waals surface area contributed by atoms with Gasteiger partial charge in [-0.25, -0.2) is 13.1 Å². The molecule has 0 heterocycles. The van der Waals surface area contributed by atoms with Crippen molar-refractivity contribution in [1.29, 1.82) is 0 Å². The first kappa shape index (κ1) is 21.1. The minimum Gasteiger partial charge on any atom is -0.379 e. The van der Waals surface area contributed by atoms with Crippen LogP contribution in [0.15, 0.2) is 29.2 Å². The summed E-state index contributed by atoms with van der Waals surface area (Å²) >= 11 is 0. The molecule has 1 aromatic rings. The molecule has 0 saturated heterocycles. The molecule has 0 spiro atoms. The highest BCUT2D eigenvalue weighted by Gasteiger charge is 2.17. The highest BCUT2D eigenvalue weighted by atomic mass is 32.2. The number of hydrogen-bond acceptors (Lipinski definition) is 4. The number of likely N-dealkylation sites (N-methyl/N-ethyl adjacent to an activating group) is 1. The van der Waals surface area contributed by atoms with Crippen molar-refractivity contribution in [3.63, 3.8) is 0 Å². The van der Waals surface area contributed by atoms with Crippen LogP contribution in [0.3, 0.4) is 0 Å². The molecule has 1 N–H and O–H groups in total. The van der Waals surface area contributed by atoms with Gasteiger partial charge in [0.25, 0.3) is 0 Å². The van der Waals surface area contributed by atoms with Gasteiger partial charge < -0.3 is 9.64 Å². The second-order valence-electron chi connectivity index (χ2n) is 6.81. The molecular formula is C18H32N2O3S. The summed E-state index contributed by atoms with van der Waals surface area (Å²) in [5, 5.41) is 0. The summed E-state index contributed by atoms with van der Waals surface area (Å²) in [5.41, 5.74) is 1.12. The maximum atomic E-state index is 12.3. The molecule has 0 aromatic heterocycles. The van der Waals surface area contributed by atoms with Crippen molar-refractivity contribution >= 4 is 10.0 Å². The molecule has 24 heavy (non-hydrogen) atoms. The number of benzene rings is 1. The molecule has 0 aliphatic heterocycles. The molecule has 0 radical (unpaired) electrons. The predicted octanol–water partition coefficient (Wildman–Crippen LogP) is 2.62. The zero-order valence-corrected chi connectivity index (χ0v) is 16.4. The Morgan fingerprint density at radius 2 is 1.62 bits per heavy atom. The monoisotopic (exact) mass is 356 g/mol. The summed E-state index contributed by atoms with van der Waals surface area (Å²) in [6.45, 7) is 14.7. The first-order chi connectivity index (χ1) is 11.2. The Kier molecular flexibility index (Phi) is 8.36. The normalized spacial score (nSPS) is 12.8. The molecule has 1 aromatic carbocycles. The van der Waals surface area contributed by atoms with Crippen molar-refractivity contribution in [3.05, 3.63) is 29.8 Å². The fourth-order valence-corrected chi connectivity index (χ4v) is 3.31. The van der Waals surface area contributed by atoms with Gasteiger partial charge in [0.2, 0.25) is 10.0 Å². The van der Waals surface area contributed by atoms with Gasteiger partial charge in [0.05, 0.1) is 18.1 Å². The average Bonchev–Trinajstić information content (AvgIpc) is 2.53. The van der Waals surface area contributed by atoms with Gasteiger partial charge in [-0.1, -0.05) is 46.8 Å². The fourth-order valence-electron chi connectivity index (χ4n) is 2.30. The summed E-state index contributed by atoms with van der Waals surface area (Å²) in [6, 6.07) is 7.05. The number of rotatable bonds is 10. The smallest absolute Gasteiger partial charge is 0.240 e. The Bertz CT molecular complexity index is 573. The molecule has 0 amide bonds. The molecule has 0 atom stereocenters. The molecule has 6 heteroatoms. The lowest BCUT2D eigenvalue weighted by atomic mass is 9.87. The van der Waals surface area contributed by atoms with Crippen LogP contribution in [0.25, 0.3) is 0 Å². The molecule has 0 fully saturated rings. The molecule has 0 saturated carbocycles. The molecule has 0 unspecified atom stereocenters. The number of ether oxygens (including phenoxy) is 1. The van der Waals surface area contributed by atoms with Crippen molar-refractivity contribution in [2.45, 2.75) is 44.9 Å². The van der Waals surface area contributed by atoms with E-state index in [1.54, 1.807) is 12.1 Å². The molecular weight excluding hydrogens is 324 g/mol. The molecule has 1 rings (SSSR count). The van der Waals surface area contributed by atoms with Gasteiger partial charge in [0.15, 0.2) is 0 Å². The van der Waals surface area contributed by atoms with Crippen LogP contribution in [-0.2, 0) is 20.2 Å². The first-order valence-corrected chi connectivity index (χ1v) is 10.1. The summed E-state index contributed by atoms with van der Waals surface area (Å²) in [5.74, 6) is 0. The molecule has 5 nitrogen and oxygen atoms in total. The van der Waals surface area contributed by atoms with Gasteiger partial charge in [-0.2, -0.15) is 0 Å². The van der Waals surface area contributed by atoms with Crippen LogP contribution in [0.2, 0.25) is 0 Å². The van der Waals surface area contributed by atoms with E-state index in [1.165, 1.54) is 0 Å². The largest absolute Gasteiger partial charge is 0.379 e. The van der Waals surface area contributed by atoms with E-state index in [9.17, 15) is 8.42 Å². The van der Waals surface area contributed by atoms with E-state index in [4.69, 9.17) is 4.74 Å². The number of hydrogen-bond donors (Lipinski definition) is 1. The Balaban J connectivity index is 2.41. The van der Waals surface area contributed by atoms with Gasteiger partial charge in [0.1, 0.15) is 0 Å². The van der Waals surface area contributed by atoms with Gasteiger partial charge in [-0.3, -0.25) is 0 Å². The lowest BCUT2D eigenvalue weighted by Crippen LogP contribution is -2.30. The van der Waals surface area contributed by atoms with Crippen LogP contribution >= 0.6 is 0 Å². The number of nitrogens with zero attached hydrogens (tertiary/aromatic N) is 1. The van der Waals surface area contributed by atoms with Crippen LogP contribution < -0.4 is 4.72 Å². The average molecular weight is 357 g/mol. The fraction of sp³-hybridized carbons (Fsp3) is 0.667.